The molecule has 9 nitrogen and oxygen atoms in total. The predicted octanol–water partition coefficient (Wildman–Crippen LogP) is 3.49. The second-order valence-corrected chi connectivity index (χ2v) is 11.6. The van der Waals surface area contributed by atoms with E-state index in [1.165, 1.54) is 12.1 Å². The van der Waals surface area contributed by atoms with Crippen LogP contribution >= 0.6 is 0 Å². The molecule has 4 rings (SSSR count). The molecule has 10 heteroatoms. The van der Waals surface area contributed by atoms with Crippen LogP contribution in [0, 0.1) is 0 Å². The van der Waals surface area contributed by atoms with Crippen LogP contribution in [0.5, 0.6) is 5.75 Å². The highest BCUT2D eigenvalue weighted by atomic mass is 32.2. The molecule has 38 heavy (non-hydrogen) atoms. The van der Waals surface area contributed by atoms with Crippen LogP contribution in [-0.4, -0.2) is 61.1 Å². The third-order valence-electron chi connectivity index (χ3n) is 7.24. The smallest absolute Gasteiger partial charge is 0.269 e. The number of sulfonamides is 1. The standard InChI is InChI=1S/C28H35N3O6S/c1-3-24(27(33)29-21-11-4-5-12-21)30(19-20-10-8-13-22(18-20)37-2)26(32)16-9-17-31-28(34)23-14-6-7-15-25(23)38(31,35)36/h6-8,10,13-15,18,21,24H,3-5,9,11-12,16-17,19H2,1-2H3,(H,29,33)/t24-/m0/s1. The van der Waals surface area contributed by atoms with Gasteiger partial charge in [-0.2, -0.15) is 0 Å². The number of hydrogen-bond acceptors (Lipinski definition) is 6. The van der Waals surface area contributed by atoms with E-state index in [1.807, 2.05) is 31.2 Å². The Morgan fingerprint density at radius 3 is 2.55 bits per heavy atom. The van der Waals surface area contributed by atoms with E-state index in [2.05, 4.69) is 5.32 Å². The summed E-state index contributed by atoms with van der Waals surface area (Å²) in [4.78, 5) is 41.1. The number of fused-ring (bicyclic) bond motifs is 1. The first-order valence-corrected chi connectivity index (χ1v) is 14.6. The summed E-state index contributed by atoms with van der Waals surface area (Å²) in [7, 11) is -2.37. The number of hydrogen-bond donors (Lipinski definition) is 1. The van der Waals surface area contributed by atoms with Gasteiger partial charge in [-0.25, -0.2) is 12.7 Å². The van der Waals surface area contributed by atoms with Crippen molar-refractivity contribution in [1.29, 1.82) is 0 Å². The first-order chi connectivity index (χ1) is 18.3. The Balaban J connectivity index is 1.48. The molecule has 3 amide bonds. The summed E-state index contributed by atoms with van der Waals surface area (Å²) >= 11 is 0. The quantitative estimate of drug-likeness (QED) is 0.466. The number of rotatable bonds is 11. The number of carbonyl (C=O) groups excluding carboxylic acids is 3. The maximum Gasteiger partial charge on any atom is 0.269 e. The van der Waals surface area contributed by atoms with E-state index in [0.717, 1.165) is 35.6 Å². The highest BCUT2D eigenvalue weighted by molar-refractivity contribution is 7.90. The Morgan fingerprint density at radius 2 is 1.87 bits per heavy atom. The molecule has 0 saturated heterocycles. The molecule has 0 bridgehead atoms. The fraction of sp³-hybridized carbons (Fsp3) is 0.464. The zero-order valence-electron chi connectivity index (χ0n) is 21.9. The molecule has 1 atom stereocenters. The maximum atomic E-state index is 13.5. The lowest BCUT2D eigenvalue weighted by Crippen LogP contribution is -2.51. The van der Waals surface area contributed by atoms with Gasteiger partial charge in [0.2, 0.25) is 11.8 Å². The Kier molecular flexibility index (Phi) is 8.71. The number of carbonyl (C=O) groups is 3. The van der Waals surface area contributed by atoms with E-state index in [9.17, 15) is 22.8 Å². The van der Waals surface area contributed by atoms with Crippen LogP contribution in [0.2, 0.25) is 0 Å². The largest absolute Gasteiger partial charge is 0.497 e. The summed E-state index contributed by atoms with van der Waals surface area (Å²) < 4.78 is 31.9. The number of ether oxygens (including phenoxy) is 1. The maximum absolute atomic E-state index is 13.5. The molecular formula is C28H35N3O6S. The van der Waals surface area contributed by atoms with E-state index in [1.54, 1.807) is 24.1 Å². The molecule has 1 aliphatic carbocycles. The van der Waals surface area contributed by atoms with Gasteiger partial charge in [0.1, 0.15) is 16.7 Å². The predicted molar refractivity (Wildman–Crippen MR) is 142 cm³/mol. The highest BCUT2D eigenvalue weighted by Gasteiger charge is 2.40. The molecule has 1 aliphatic heterocycles. The summed E-state index contributed by atoms with van der Waals surface area (Å²) in [6.45, 7) is 1.97. The van der Waals surface area contributed by atoms with Gasteiger partial charge in [-0.15, -0.1) is 0 Å². The zero-order chi connectivity index (χ0) is 27.3. The van der Waals surface area contributed by atoms with Crippen molar-refractivity contribution >= 4 is 27.7 Å². The molecule has 2 aromatic carbocycles. The van der Waals surface area contributed by atoms with Gasteiger partial charge in [-0.05, 0) is 55.5 Å². The van der Waals surface area contributed by atoms with Crippen molar-refractivity contribution in [3.8, 4) is 5.75 Å². The summed E-state index contributed by atoms with van der Waals surface area (Å²) in [6.07, 6.45) is 4.61. The molecule has 204 valence electrons. The summed E-state index contributed by atoms with van der Waals surface area (Å²) in [5.41, 5.74) is 0.964. The lowest BCUT2D eigenvalue weighted by molar-refractivity contribution is -0.141. The first kappa shape index (κ1) is 27.6. The van der Waals surface area contributed by atoms with Crippen LogP contribution in [0.15, 0.2) is 53.4 Å². The van der Waals surface area contributed by atoms with Crippen molar-refractivity contribution in [3.63, 3.8) is 0 Å². The average Bonchev–Trinajstić information content (AvgIpc) is 3.49. The molecule has 0 unspecified atom stereocenters. The van der Waals surface area contributed by atoms with Crippen molar-refractivity contribution in [2.45, 2.75) is 75.4 Å². The minimum absolute atomic E-state index is 0.00712. The number of methoxy groups -OCH3 is 1. The summed E-state index contributed by atoms with van der Waals surface area (Å²) in [6, 6.07) is 12.9. The van der Waals surface area contributed by atoms with Crippen molar-refractivity contribution in [2.75, 3.05) is 13.7 Å². The fourth-order valence-corrected chi connectivity index (χ4v) is 6.83. The molecule has 1 fully saturated rings. The lowest BCUT2D eigenvalue weighted by Gasteiger charge is -2.32. The highest BCUT2D eigenvalue weighted by Crippen LogP contribution is 2.30. The Hall–Kier alpha value is -3.40. The van der Waals surface area contributed by atoms with Crippen molar-refractivity contribution in [1.82, 2.24) is 14.5 Å². The Bertz CT molecular complexity index is 1290. The number of nitrogens with zero attached hydrogens (tertiary/aromatic N) is 2. The molecular weight excluding hydrogens is 506 g/mol. The molecule has 0 radical (unpaired) electrons. The molecule has 0 aromatic heterocycles. The third kappa shape index (κ3) is 5.85. The van der Waals surface area contributed by atoms with Gasteiger partial charge in [0, 0.05) is 25.6 Å². The number of nitrogens with one attached hydrogen (secondary N) is 1. The van der Waals surface area contributed by atoms with Gasteiger partial charge in [-0.1, -0.05) is 44.0 Å². The van der Waals surface area contributed by atoms with E-state index < -0.39 is 22.0 Å². The van der Waals surface area contributed by atoms with Gasteiger partial charge in [0.05, 0.1) is 12.7 Å². The third-order valence-corrected chi connectivity index (χ3v) is 9.08. The molecule has 1 heterocycles. The fourth-order valence-electron chi connectivity index (χ4n) is 5.22. The van der Waals surface area contributed by atoms with Crippen LogP contribution < -0.4 is 10.1 Å². The molecule has 1 saturated carbocycles. The SMILES string of the molecule is CC[C@@H](C(=O)NC1CCCC1)N(Cc1cccc(OC)c1)C(=O)CCCN1C(=O)c2ccccc2S1(=O)=O. The van der Waals surface area contributed by atoms with Crippen molar-refractivity contribution in [3.05, 3.63) is 59.7 Å². The molecule has 2 aromatic rings. The van der Waals surface area contributed by atoms with Crippen molar-refractivity contribution < 1.29 is 27.5 Å². The van der Waals surface area contributed by atoms with Gasteiger partial charge in [0.15, 0.2) is 0 Å². The minimum atomic E-state index is -3.94. The minimum Gasteiger partial charge on any atom is -0.497 e. The van der Waals surface area contributed by atoms with Gasteiger partial charge in [0.25, 0.3) is 15.9 Å². The van der Waals surface area contributed by atoms with E-state index >= 15 is 0 Å². The number of benzene rings is 2. The van der Waals surface area contributed by atoms with Crippen LogP contribution in [0.3, 0.4) is 0 Å². The second kappa shape index (κ2) is 12.0. The average molecular weight is 542 g/mol. The second-order valence-electron chi connectivity index (χ2n) is 9.77. The monoisotopic (exact) mass is 541 g/mol. The Labute approximate surface area is 224 Å². The number of amides is 3. The first-order valence-electron chi connectivity index (χ1n) is 13.1. The van der Waals surface area contributed by atoms with Gasteiger partial charge >= 0.3 is 0 Å². The topological polar surface area (TPSA) is 113 Å². The molecule has 0 spiro atoms. The van der Waals surface area contributed by atoms with Crippen LogP contribution in [0.25, 0.3) is 0 Å². The van der Waals surface area contributed by atoms with Gasteiger partial charge < -0.3 is 15.0 Å². The van der Waals surface area contributed by atoms with Crippen LogP contribution in [0.1, 0.15) is 67.8 Å². The van der Waals surface area contributed by atoms with Gasteiger partial charge in [-0.3, -0.25) is 14.4 Å². The zero-order valence-corrected chi connectivity index (χ0v) is 22.7. The summed E-state index contributed by atoms with van der Waals surface area (Å²) in [5.74, 6) is -0.384. The van der Waals surface area contributed by atoms with Crippen LogP contribution in [-0.2, 0) is 26.2 Å². The van der Waals surface area contributed by atoms with E-state index in [-0.39, 0.29) is 54.2 Å². The lowest BCUT2D eigenvalue weighted by atomic mass is 10.1. The normalized spacial score (nSPS) is 17.2. The van der Waals surface area contributed by atoms with E-state index in [0.29, 0.717) is 12.2 Å². The molecule has 1 N–H and O–H groups in total. The molecule has 2 aliphatic rings. The van der Waals surface area contributed by atoms with Crippen molar-refractivity contribution in [2.24, 2.45) is 0 Å². The summed E-state index contributed by atoms with van der Waals surface area (Å²) in [5, 5.41) is 3.11. The van der Waals surface area contributed by atoms with E-state index in [4.69, 9.17) is 4.74 Å². The Morgan fingerprint density at radius 1 is 1.13 bits per heavy atom. The van der Waals surface area contributed by atoms with Crippen LogP contribution in [0.4, 0.5) is 0 Å².